The molecular weight excluding hydrogens is 180 g/mol. The molecule has 1 aromatic carbocycles. The van der Waals surface area contributed by atoms with E-state index < -0.39 is 5.97 Å². The molecule has 0 spiro atoms. The van der Waals surface area contributed by atoms with Gasteiger partial charge in [-0.1, -0.05) is 12.1 Å². The molecule has 0 saturated carbocycles. The summed E-state index contributed by atoms with van der Waals surface area (Å²) in [5.74, 6) is -1.23. The van der Waals surface area contributed by atoms with Crippen LogP contribution in [0.3, 0.4) is 0 Å². The lowest BCUT2D eigenvalue weighted by Gasteiger charge is -1.95. The second-order valence-electron chi connectivity index (χ2n) is 2.64. The molecule has 0 aliphatic heterocycles. The fourth-order valence-corrected chi connectivity index (χ4v) is 0.901. The lowest BCUT2D eigenvalue weighted by atomic mass is 10.1. The van der Waals surface area contributed by atoms with Gasteiger partial charge in [-0.2, -0.15) is 5.26 Å². The van der Waals surface area contributed by atoms with Crippen LogP contribution in [0.2, 0.25) is 0 Å². The summed E-state index contributed by atoms with van der Waals surface area (Å²) in [7, 11) is 0. The molecule has 0 radical (unpaired) electrons. The Labute approximate surface area is 80.9 Å². The summed E-state index contributed by atoms with van der Waals surface area (Å²) in [6, 6.07) is 8.17. The summed E-state index contributed by atoms with van der Waals surface area (Å²) in [6.07, 6.45) is 1.29. The molecule has 0 amide bonds. The molecule has 4 heteroatoms. The van der Waals surface area contributed by atoms with Gasteiger partial charge in [-0.15, -0.1) is 0 Å². The number of carboxylic acids is 1. The maximum absolute atomic E-state index is 10.5. The number of rotatable bonds is 2. The minimum atomic E-state index is -1.23. The van der Waals surface area contributed by atoms with Crippen LogP contribution >= 0.6 is 0 Å². The number of carboxylic acid groups (broad SMARTS) is 1. The van der Waals surface area contributed by atoms with Gasteiger partial charge < -0.3 is 10.8 Å². The normalized spacial score (nSPS) is 10.6. The Balaban J connectivity index is 3.03. The van der Waals surface area contributed by atoms with E-state index in [-0.39, 0.29) is 5.57 Å². The van der Waals surface area contributed by atoms with Crippen molar-refractivity contribution in [3.8, 4) is 6.07 Å². The molecule has 0 fully saturated rings. The van der Waals surface area contributed by atoms with Crippen LogP contribution in [0.5, 0.6) is 0 Å². The van der Waals surface area contributed by atoms with Crippen LogP contribution in [0.4, 0.5) is 5.69 Å². The predicted octanol–water partition coefficient (Wildman–Crippen LogP) is 1.26. The van der Waals surface area contributed by atoms with Gasteiger partial charge >= 0.3 is 5.97 Å². The van der Waals surface area contributed by atoms with E-state index >= 15 is 0 Å². The molecule has 0 aromatic heterocycles. The van der Waals surface area contributed by atoms with E-state index in [1.807, 2.05) is 0 Å². The van der Waals surface area contributed by atoms with Crippen molar-refractivity contribution in [1.82, 2.24) is 0 Å². The number of benzene rings is 1. The van der Waals surface area contributed by atoms with E-state index in [2.05, 4.69) is 0 Å². The third-order valence-electron chi connectivity index (χ3n) is 1.60. The highest BCUT2D eigenvalue weighted by atomic mass is 16.4. The summed E-state index contributed by atoms with van der Waals surface area (Å²) in [6.45, 7) is 0. The second-order valence-corrected chi connectivity index (χ2v) is 2.64. The highest BCUT2D eigenvalue weighted by Gasteiger charge is 2.04. The van der Waals surface area contributed by atoms with Crippen LogP contribution in [0.15, 0.2) is 29.8 Å². The first-order valence-corrected chi connectivity index (χ1v) is 3.84. The van der Waals surface area contributed by atoms with Crippen molar-refractivity contribution < 1.29 is 9.90 Å². The Kier molecular flexibility index (Phi) is 2.87. The Morgan fingerprint density at radius 2 is 2.00 bits per heavy atom. The van der Waals surface area contributed by atoms with Crippen LogP contribution in [0.25, 0.3) is 6.08 Å². The van der Waals surface area contributed by atoms with Gasteiger partial charge in [-0.3, -0.25) is 0 Å². The molecule has 0 bridgehead atoms. The topological polar surface area (TPSA) is 87.1 Å². The van der Waals surface area contributed by atoms with Gasteiger partial charge in [-0.05, 0) is 23.8 Å². The highest BCUT2D eigenvalue weighted by Crippen LogP contribution is 2.09. The van der Waals surface area contributed by atoms with E-state index in [0.29, 0.717) is 11.3 Å². The number of anilines is 1. The average Bonchev–Trinajstić information content (AvgIpc) is 2.16. The predicted molar refractivity (Wildman–Crippen MR) is 52.1 cm³/mol. The Hall–Kier alpha value is -2.28. The standard InChI is InChI=1S/C10H8N2O2/c11-6-8(10(13)14)5-7-1-3-9(12)4-2-7/h1-5H,12H2,(H,13,14). The molecule has 0 aliphatic rings. The van der Waals surface area contributed by atoms with Crippen LogP contribution in [-0.2, 0) is 4.79 Å². The molecule has 70 valence electrons. The Morgan fingerprint density at radius 1 is 1.43 bits per heavy atom. The van der Waals surface area contributed by atoms with Crippen molar-refractivity contribution >= 4 is 17.7 Å². The quantitative estimate of drug-likeness (QED) is 0.415. The Bertz CT molecular complexity index is 413. The number of nitrogens with zero attached hydrogens (tertiary/aromatic N) is 1. The number of nitrogens with two attached hydrogens (primary N) is 1. The van der Waals surface area contributed by atoms with Crippen molar-refractivity contribution in [3.63, 3.8) is 0 Å². The van der Waals surface area contributed by atoms with Crippen LogP contribution in [0.1, 0.15) is 5.56 Å². The summed E-state index contributed by atoms with van der Waals surface area (Å²) in [4.78, 5) is 10.5. The van der Waals surface area contributed by atoms with Crippen LogP contribution in [-0.4, -0.2) is 11.1 Å². The maximum atomic E-state index is 10.5. The summed E-state index contributed by atoms with van der Waals surface area (Å²) < 4.78 is 0. The molecule has 0 aliphatic carbocycles. The fraction of sp³-hybridized carbons (Fsp3) is 0. The summed E-state index contributed by atoms with van der Waals surface area (Å²) in [5.41, 5.74) is 6.38. The lowest BCUT2D eigenvalue weighted by molar-refractivity contribution is -0.132. The molecule has 0 heterocycles. The SMILES string of the molecule is N#CC(=Cc1ccc(N)cc1)C(=O)O. The molecule has 3 N–H and O–H groups in total. The number of carbonyl (C=O) groups is 1. The number of nitriles is 1. The molecule has 14 heavy (non-hydrogen) atoms. The molecule has 4 nitrogen and oxygen atoms in total. The number of hydrogen-bond acceptors (Lipinski definition) is 3. The van der Waals surface area contributed by atoms with E-state index in [0.717, 1.165) is 0 Å². The molecule has 0 atom stereocenters. The van der Waals surface area contributed by atoms with Crippen molar-refractivity contribution in [1.29, 1.82) is 5.26 Å². The van der Waals surface area contributed by atoms with Crippen molar-refractivity contribution in [3.05, 3.63) is 35.4 Å². The zero-order valence-electron chi connectivity index (χ0n) is 7.27. The van der Waals surface area contributed by atoms with Crippen molar-refractivity contribution in [2.45, 2.75) is 0 Å². The van der Waals surface area contributed by atoms with Gasteiger partial charge in [0.05, 0.1) is 0 Å². The second kappa shape index (κ2) is 4.10. The van der Waals surface area contributed by atoms with Crippen molar-refractivity contribution in [2.75, 3.05) is 5.73 Å². The first kappa shape index (κ1) is 9.81. The van der Waals surface area contributed by atoms with E-state index in [9.17, 15) is 4.79 Å². The number of aliphatic carboxylic acids is 1. The van der Waals surface area contributed by atoms with Crippen molar-refractivity contribution in [2.24, 2.45) is 0 Å². The van der Waals surface area contributed by atoms with Gasteiger partial charge in [0.25, 0.3) is 0 Å². The molecular formula is C10H8N2O2. The minimum absolute atomic E-state index is 0.297. The smallest absolute Gasteiger partial charge is 0.346 e. The molecule has 0 unspecified atom stereocenters. The van der Waals surface area contributed by atoms with Crippen LogP contribution in [0, 0.1) is 11.3 Å². The number of nitrogen functional groups attached to an aromatic ring is 1. The zero-order chi connectivity index (χ0) is 10.6. The summed E-state index contributed by atoms with van der Waals surface area (Å²) >= 11 is 0. The van der Waals surface area contributed by atoms with E-state index in [1.165, 1.54) is 6.08 Å². The molecule has 0 saturated heterocycles. The number of hydrogen-bond donors (Lipinski definition) is 2. The summed E-state index contributed by atoms with van der Waals surface area (Å²) in [5, 5.41) is 17.1. The largest absolute Gasteiger partial charge is 0.477 e. The van der Waals surface area contributed by atoms with Gasteiger partial charge in [0.15, 0.2) is 0 Å². The lowest BCUT2D eigenvalue weighted by Crippen LogP contribution is -1.97. The van der Waals surface area contributed by atoms with Gasteiger partial charge in [0.1, 0.15) is 11.6 Å². The third kappa shape index (κ3) is 2.35. The average molecular weight is 188 g/mol. The van der Waals surface area contributed by atoms with Gasteiger partial charge in [0.2, 0.25) is 0 Å². The van der Waals surface area contributed by atoms with Gasteiger partial charge in [-0.25, -0.2) is 4.79 Å². The maximum Gasteiger partial charge on any atom is 0.346 e. The fourth-order valence-electron chi connectivity index (χ4n) is 0.901. The monoisotopic (exact) mass is 188 g/mol. The first-order chi connectivity index (χ1) is 6.63. The van der Waals surface area contributed by atoms with Gasteiger partial charge in [0, 0.05) is 5.69 Å². The highest BCUT2D eigenvalue weighted by molar-refractivity contribution is 5.96. The zero-order valence-corrected chi connectivity index (χ0v) is 7.27. The molecule has 1 rings (SSSR count). The Morgan fingerprint density at radius 3 is 2.43 bits per heavy atom. The minimum Gasteiger partial charge on any atom is -0.477 e. The van der Waals surface area contributed by atoms with E-state index in [4.69, 9.17) is 16.1 Å². The van der Waals surface area contributed by atoms with E-state index in [1.54, 1.807) is 30.3 Å². The first-order valence-electron chi connectivity index (χ1n) is 3.84. The molecule has 1 aromatic rings. The third-order valence-corrected chi connectivity index (χ3v) is 1.60. The van der Waals surface area contributed by atoms with Crippen LogP contribution < -0.4 is 5.73 Å².